The Morgan fingerprint density at radius 3 is 2.87 bits per heavy atom. The summed E-state index contributed by atoms with van der Waals surface area (Å²) >= 11 is 0. The lowest BCUT2D eigenvalue weighted by atomic mass is 9.89. The summed E-state index contributed by atoms with van der Waals surface area (Å²) in [6, 6.07) is 0. The number of hydrogen-bond donors (Lipinski definition) is 2. The van der Waals surface area contributed by atoms with Crippen LogP contribution in [-0.4, -0.2) is 33.0 Å². The number of nitrogens with one attached hydrogen (secondary N) is 2. The van der Waals surface area contributed by atoms with E-state index in [4.69, 9.17) is 9.26 Å². The van der Waals surface area contributed by atoms with E-state index < -0.39 is 0 Å². The Labute approximate surface area is 136 Å². The van der Waals surface area contributed by atoms with Crippen LogP contribution in [0.4, 0.5) is 0 Å². The number of aromatic amines is 1. The van der Waals surface area contributed by atoms with Crippen molar-refractivity contribution in [1.82, 2.24) is 25.7 Å². The number of rotatable bonds is 5. The summed E-state index contributed by atoms with van der Waals surface area (Å²) in [6.07, 6.45) is 3.93. The van der Waals surface area contributed by atoms with Gasteiger partial charge in [-0.2, -0.15) is 10.1 Å². The molecule has 7 nitrogen and oxygen atoms in total. The van der Waals surface area contributed by atoms with Crippen molar-refractivity contribution in [2.75, 3.05) is 6.54 Å². The smallest absolute Gasteiger partial charge is 0.255 e. The van der Waals surface area contributed by atoms with Gasteiger partial charge in [0.2, 0.25) is 0 Å². The van der Waals surface area contributed by atoms with Crippen LogP contribution in [0.1, 0.15) is 62.7 Å². The number of hydrogen-bond acceptors (Lipinski definition) is 6. The predicted molar refractivity (Wildman–Crippen MR) is 84.9 cm³/mol. The van der Waals surface area contributed by atoms with Crippen LogP contribution in [0.15, 0.2) is 10.7 Å². The van der Waals surface area contributed by atoms with Crippen molar-refractivity contribution in [3.63, 3.8) is 0 Å². The zero-order chi connectivity index (χ0) is 16.4. The van der Waals surface area contributed by atoms with Crippen LogP contribution in [-0.2, 0) is 16.7 Å². The van der Waals surface area contributed by atoms with Crippen molar-refractivity contribution in [1.29, 1.82) is 0 Å². The second kappa shape index (κ2) is 6.41. The van der Waals surface area contributed by atoms with Crippen LogP contribution in [0.5, 0.6) is 0 Å². The lowest BCUT2D eigenvalue weighted by Crippen LogP contribution is -2.27. The lowest BCUT2D eigenvalue weighted by Gasteiger charge is -2.19. The molecule has 1 saturated heterocycles. The molecule has 23 heavy (non-hydrogen) atoms. The number of aromatic nitrogens is 4. The van der Waals surface area contributed by atoms with E-state index >= 15 is 0 Å². The zero-order valence-electron chi connectivity index (χ0n) is 14.2. The van der Waals surface area contributed by atoms with E-state index in [0.29, 0.717) is 11.7 Å². The fourth-order valence-corrected chi connectivity index (χ4v) is 2.94. The summed E-state index contributed by atoms with van der Waals surface area (Å²) in [5.74, 6) is 1.25. The van der Waals surface area contributed by atoms with Crippen molar-refractivity contribution >= 4 is 0 Å². The Morgan fingerprint density at radius 1 is 1.35 bits per heavy atom. The quantitative estimate of drug-likeness (QED) is 0.880. The summed E-state index contributed by atoms with van der Waals surface area (Å²) in [4.78, 5) is 4.25. The second-order valence-corrected chi connectivity index (χ2v) is 7.16. The highest BCUT2D eigenvalue weighted by molar-refractivity contribution is 5.23. The molecule has 2 aromatic heterocycles. The molecule has 126 valence electrons. The molecule has 3 heterocycles. The van der Waals surface area contributed by atoms with Crippen molar-refractivity contribution in [3.8, 4) is 0 Å². The van der Waals surface area contributed by atoms with Gasteiger partial charge in [0.25, 0.3) is 5.89 Å². The van der Waals surface area contributed by atoms with Crippen molar-refractivity contribution < 1.29 is 9.26 Å². The Kier molecular flexibility index (Phi) is 4.50. The number of ether oxygens (including phenoxy) is 1. The Balaban J connectivity index is 1.48. The third-order valence-electron chi connectivity index (χ3n) is 4.08. The molecule has 3 rings (SSSR count). The number of aryl methyl sites for hydroxylation is 1. The highest BCUT2D eigenvalue weighted by Gasteiger charge is 2.30. The van der Waals surface area contributed by atoms with Gasteiger partial charge in [-0.25, -0.2) is 0 Å². The minimum absolute atomic E-state index is 0.0675. The molecular formula is C16H25N5O2. The van der Waals surface area contributed by atoms with E-state index in [2.05, 4.69) is 46.4 Å². The molecular weight excluding hydrogens is 294 g/mol. The van der Waals surface area contributed by atoms with Crippen molar-refractivity contribution in [2.45, 2.75) is 64.7 Å². The van der Waals surface area contributed by atoms with E-state index in [9.17, 15) is 0 Å². The topological polar surface area (TPSA) is 88.9 Å². The van der Waals surface area contributed by atoms with Crippen LogP contribution in [0.2, 0.25) is 0 Å². The van der Waals surface area contributed by atoms with E-state index in [1.807, 2.05) is 13.1 Å². The molecule has 2 atom stereocenters. The van der Waals surface area contributed by atoms with Crippen LogP contribution >= 0.6 is 0 Å². The molecule has 0 saturated carbocycles. The lowest BCUT2D eigenvalue weighted by molar-refractivity contribution is 0.0264. The van der Waals surface area contributed by atoms with E-state index in [-0.39, 0.29) is 17.6 Å². The number of H-pyrrole nitrogens is 1. The predicted octanol–water partition coefficient (Wildman–Crippen LogP) is 2.41. The molecule has 0 amide bonds. The first kappa shape index (κ1) is 16.1. The van der Waals surface area contributed by atoms with Gasteiger partial charge in [0.05, 0.1) is 12.3 Å². The van der Waals surface area contributed by atoms with Gasteiger partial charge < -0.3 is 14.6 Å². The highest BCUT2D eigenvalue weighted by Crippen LogP contribution is 2.31. The van der Waals surface area contributed by atoms with Gasteiger partial charge in [-0.3, -0.25) is 5.10 Å². The second-order valence-electron chi connectivity index (χ2n) is 7.16. The molecule has 0 aliphatic carbocycles. The van der Waals surface area contributed by atoms with Crippen molar-refractivity contribution in [2.24, 2.45) is 0 Å². The van der Waals surface area contributed by atoms with Crippen LogP contribution in [0, 0.1) is 6.92 Å². The van der Waals surface area contributed by atoms with Gasteiger partial charge >= 0.3 is 0 Å². The maximum absolute atomic E-state index is 6.00. The zero-order valence-corrected chi connectivity index (χ0v) is 14.2. The summed E-state index contributed by atoms with van der Waals surface area (Å²) in [5.41, 5.74) is 2.45. The summed E-state index contributed by atoms with van der Waals surface area (Å²) in [7, 11) is 0. The first-order chi connectivity index (χ1) is 10.9. The van der Waals surface area contributed by atoms with Crippen molar-refractivity contribution in [3.05, 3.63) is 29.2 Å². The monoisotopic (exact) mass is 319 g/mol. The Morgan fingerprint density at radius 2 is 2.17 bits per heavy atom. The fraction of sp³-hybridized carbons (Fsp3) is 0.688. The standard InChI is InChI=1S/C16H25N5O2/c1-10-19-15(23-21-10)13-6-5-12(22-13)9-17-7-11-8-18-20-14(11)16(2,3)4/h8,12-13,17H,5-7,9H2,1-4H3,(H,18,20)/t12-,13+/m1/s1. The largest absolute Gasteiger partial charge is 0.364 e. The SMILES string of the molecule is Cc1noc([C@@H]2CC[C@H](CNCc3cn[nH]c3C(C)(C)C)O2)n1. The summed E-state index contributed by atoms with van der Waals surface area (Å²) in [5, 5.41) is 14.6. The maximum Gasteiger partial charge on any atom is 0.255 e. The van der Waals surface area contributed by atoms with E-state index in [0.717, 1.165) is 25.9 Å². The average Bonchev–Trinajstić information content (AvgIpc) is 3.17. The van der Waals surface area contributed by atoms with Crippen LogP contribution in [0.3, 0.4) is 0 Å². The Bertz CT molecular complexity index is 643. The molecule has 2 aromatic rings. The molecule has 0 aromatic carbocycles. The average molecular weight is 319 g/mol. The molecule has 0 unspecified atom stereocenters. The summed E-state index contributed by atoms with van der Waals surface area (Å²) < 4.78 is 11.2. The molecule has 7 heteroatoms. The van der Waals surface area contributed by atoms with Crippen LogP contribution in [0.25, 0.3) is 0 Å². The first-order valence-electron chi connectivity index (χ1n) is 8.12. The third kappa shape index (κ3) is 3.79. The first-order valence-corrected chi connectivity index (χ1v) is 8.12. The van der Waals surface area contributed by atoms with E-state index in [1.54, 1.807) is 0 Å². The van der Waals surface area contributed by atoms with E-state index in [1.165, 1.54) is 11.3 Å². The molecule has 0 radical (unpaired) electrons. The third-order valence-corrected chi connectivity index (χ3v) is 4.08. The maximum atomic E-state index is 6.00. The van der Waals surface area contributed by atoms with Gasteiger partial charge in [0.1, 0.15) is 6.10 Å². The molecule has 0 spiro atoms. The minimum atomic E-state index is -0.0675. The van der Waals surface area contributed by atoms with Gasteiger partial charge in [-0.1, -0.05) is 25.9 Å². The fourth-order valence-electron chi connectivity index (χ4n) is 2.94. The number of nitrogens with zero attached hydrogens (tertiary/aromatic N) is 3. The van der Waals surface area contributed by atoms with Gasteiger partial charge in [-0.05, 0) is 19.8 Å². The summed E-state index contributed by atoms with van der Waals surface area (Å²) in [6.45, 7) is 9.95. The molecule has 0 bridgehead atoms. The molecule has 1 aliphatic heterocycles. The normalized spacial score (nSPS) is 21.9. The van der Waals surface area contributed by atoms with Gasteiger partial charge in [0.15, 0.2) is 5.82 Å². The highest BCUT2D eigenvalue weighted by atomic mass is 16.5. The minimum Gasteiger partial charge on any atom is -0.364 e. The molecule has 1 aliphatic rings. The van der Waals surface area contributed by atoms with Crippen LogP contribution < -0.4 is 5.32 Å². The molecule has 1 fully saturated rings. The van der Waals surface area contributed by atoms with Gasteiger partial charge in [-0.15, -0.1) is 0 Å². The molecule has 2 N–H and O–H groups in total. The van der Waals surface area contributed by atoms with Gasteiger partial charge in [0, 0.05) is 29.8 Å². The Hall–Kier alpha value is -1.73.